The van der Waals surface area contributed by atoms with Crippen LogP contribution < -0.4 is 11.1 Å². The Morgan fingerprint density at radius 3 is 2.60 bits per heavy atom. The number of halogens is 1. The Labute approximate surface area is 130 Å². The molecule has 1 aromatic carbocycles. The number of benzene rings is 1. The lowest BCUT2D eigenvalue weighted by Gasteiger charge is -2.19. The second-order valence-corrected chi connectivity index (χ2v) is 6.70. The highest BCUT2D eigenvalue weighted by atomic mass is 79.9. The number of amides is 1. The summed E-state index contributed by atoms with van der Waals surface area (Å²) in [6.07, 6.45) is 1.50. The Morgan fingerprint density at radius 1 is 1.35 bits per heavy atom. The van der Waals surface area contributed by atoms with E-state index >= 15 is 0 Å². The molecule has 0 spiro atoms. The molecule has 112 valence electrons. The van der Waals surface area contributed by atoms with Gasteiger partial charge in [0.15, 0.2) is 0 Å². The SMILES string of the molecule is CC(C)CC(CN)CC(=O)NC(C)c1cccc(Br)c1. The second kappa shape index (κ2) is 8.42. The molecule has 0 bridgehead atoms. The summed E-state index contributed by atoms with van der Waals surface area (Å²) in [5, 5.41) is 3.05. The van der Waals surface area contributed by atoms with E-state index < -0.39 is 0 Å². The summed E-state index contributed by atoms with van der Waals surface area (Å²) in [6.45, 7) is 6.88. The van der Waals surface area contributed by atoms with E-state index in [-0.39, 0.29) is 17.9 Å². The first-order chi connectivity index (χ1) is 9.42. The van der Waals surface area contributed by atoms with E-state index in [1.807, 2.05) is 31.2 Å². The minimum absolute atomic E-state index is 0.0116. The fourth-order valence-electron chi connectivity index (χ4n) is 2.35. The Balaban J connectivity index is 2.53. The van der Waals surface area contributed by atoms with E-state index in [2.05, 4.69) is 35.1 Å². The summed E-state index contributed by atoms with van der Waals surface area (Å²) in [6, 6.07) is 8.01. The first-order valence-electron chi connectivity index (χ1n) is 7.17. The van der Waals surface area contributed by atoms with Crippen molar-refractivity contribution in [2.24, 2.45) is 17.6 Å². The van der Waals surface area contributed by atoms with Gasteiger partial charge >= 0.3 is 0 Å². The molecule has 0 aliphatic rings. The molecule has 3 nitrogen and oxygen atoms in total. The van der Waals surface area contributed by atoms with Crippen molar-refractivity contribution in [1.82, 2.24) is 5.32 Å². The van der Waals surface area contributed by atoms with Gasteiger partial charge in [0.2, 0.25) is 5.91 Å². The highest BCUT2D eigenvalue weighted by molar-refractivity contribution is 9.10. The van der Waals surface area contributed by atoms with Crippen LogP contribution in [-0.2, 0) is 4.79 Å². The smallest absolute Gasteiger partial charge is 0.220 e. The number of carbonyl (C=O) groups excluding carboxylic acids is 1. The lowest BCUT2D eigenvalue weighted by atomic mass is 9.94. The fourth-order valence-corrected chi connectivity index (χ4v) is 2.77. The summed E-state index contributed by atoms with van der Waals surface area (Å²) in [5.74, 6) is 0.914. The minimum Gasteiger partial charge on any atom is -0.350 e. The van der Waals surface area contributed by atoms with Crippen molar-refractivity contribution < 1.29 is 4.79 Å². The summed E-state index contributed by atoms with van der Waals surface area (Å²) < 4.78 is 1.02. The number of rotatable bonds is 7. The van der Waals surface area contributed by atoms with Crippen LogP contribution in [0.15, 0.2) is 28.7 Å². The maximum absolute atomic E-state index is 12.1. The summed E-state index contributed by atoms with van der Waals surface area (Å²) in [4.78, 5) is 12.1. The van der Waals surface area contributed by atoms with Gasteiger partial charge in [0.25, 0.3) is 0 Å². The standard InChI is InChI=1S/C16H25BrN2O/c1-11(2)7-13(10-18)8-16(20)19-12(3)14-5-4-6-15(17)9-14/h4-6,9,11-13H,7-8,10,18H2,1-3H3,(H,19,20). The number of nitrogens with two attached hydrogens (primary N) is 1. The van der Waals surface area contributed by atoms with E-state index in [0.717, 1.165) is 16.5 Å². The van der Waals surface area contributed by atoms with Crippen molar-refractivity contribution in [2.75, 3.05) is 6.54 Å². The van der Waals surface area contributed by atoms with Gasteiger partial charge < -0.3 is 11.1 Å². The summed E-state index contributed by atoms with van der Waals surface area (Å²) in [7, 11) is 0. The average molecular weight is 341 g/mol. The Hall–Kier alpha value is -0.870. The molecule has 0 saturated carbocycles. The molecule has 3 N–H and O–H groups in total. The Bertz CT molecular complexity index is 434. The third-order valence-electron chi connectivity index (χ3n) is 3.34. The Morgan fingerprint density at radius 2 is 2.05 bits per heavy atom. The van der Waals surface area contributed by atoms with Gasteiger partial charge in [-0.15, -0.1) is 0 Å². The largest absolute Gasteiger partial charge is 0.350 e. The van der Waals surface area contributed by atoms with Crippen LogP contribution in [0.3, 0.4) is 0 Å². The topological polar surface area (TPSA) is 55.1 Å². The second-order valence-electron chi connectivity index (χ2n) is 5.78. The van der Waals surface area contributed by atoms with Gasteiger partial charge in [0.1, 0.15) is 0 Å². The van der Waals surface area contributed by atoms with Gasteiger partial charge in [-0.3, -0.25) is 4.79 Å². The predicted molar refractivity (Wildman–Crippen MR) is 87.3 cm³/mol. The molecular weight excluding hydrogens is 316 g/mol. The van der Waals surface area contributed by atoms with Crippen molar-refractivity contribution in [2.45, 2.75) is 39.7 Å². The average Bonchev–Trinajstić information content (AvgIpc) is 2.37. The maximum atomic E-state index is 12.1. The van der Waals surface area contributed by atoms with Crippen LogP contribution in [0.5, 0.6) is 0 Å². The zero-order valence-electron chi connectivity index (χ0n) is 12.5. The monoisotopic (exact) mass is 340 g/mol. The molecule has 0 saturated heterocycles. The third-order valence-corrected chi connectivity index (χ3v) is 3.83. The van der Waals surface area contributed by atoms with E-state index in [1.54, 1.807) is 0 Å². The van der Waals surface area contributed by atoms with Gasteiger partial charge in [-0.1, -0.05) is 41.9 Å². The summed E-state index contributed by atoms with van der Waals surface area (Å²) >= 11 is 3.45. The first-order valence-corrected chi connectivity index (χ1v) is 7.96. The van der Waals surface area contributed by atoms with Crippen LogP contribution in [0.4, 0.5) is 0 Å². The normalized spacial score (nSPS) is 14.1. The zero-order chi connectivity index (χ0) is 15.1. The van der Waals surface area contributed by atoms with Gasteiger partial charge in [0.05, 0.1) is 6.04 Å². The first kappa shape index (κ1) is 17.2. The molecule has 0 aliphatic carbocycles. The van der Waals surface area contributed by atoms with Gasteiger partial charge in [0, 0.05) is 10.9 Å². The lowest BCUT2D eigenvalue weighted by molar-refractivity contribution is -0.122. The van der Waals surface area contributed by atoms with E-state index in [9.17, 15) is 4.79 Å². The molecule has 0 radical (unpaired) electrons. The highest BCUT2D eigenvalue weighted by Gasteiger charge is 2.16. The van der Waals surface area contributed by atoms with Crippen LogP contribution in [0.1, 0.15) is 45.2 Å². The molecule has 1 aromatic rings. The molecule has 20 heavy (non-hydrogen) atoms. The number of hydrogen-bond acceptors (Lipinski definition) is 2. The number of hydrogen-bond donors (Lipinski definition) is 2. The quantitative estimate of drug-likeness (QED) is 0.796. The molecule has 0 fully saturated rings. The van der Waals surface area contributed by atoms with E-state index in [1.165, 1.54) is 0 Å². The zero-order valence-corrected chi connectivity index (χ0v) is 14.1. The van der Waals surface area contributed by atoms with Crippen molar-refractivity contribution in [1.29, 1.82) is 0 Å². The van der Waals surface area contributed by atoms with Crippen LogP contribution in [-0.4, -0.2) is 12.5 Å². The molecule has 0 aromatic heterocycles. The maximum Gasteiger partial charge on any atom is 0.220 e. The molecule has 0 heterocycles. The van der Waals surface area contributed by atoms with Gasteiger partial charge in [-0.25, -0.2) is 0 Å². The van der Waals surface area contributed by atoms with Gasteiger partial charge in [-0.2, -0.15) is 0 Å². The molecule has 1 rings (SSSR count). The molecule has 2 unspecified atom stereocenters. The number of nitrogens with one attached hydrogen (secondary N) is 1. The van der Waals surface area contributed by atoms with E-state index in [0.29, 0.717) is 18.9 Å². The number of carbonyl (C=O) groups is 1. The fraction of sp³-hybridized carbons (Fsp3) is 0.562. The molecular formula is C16H25BrN2O. The van der Waals surface area contributed by atoms with Crippen molar-refractivity contribution in [3.8, 4) is 0 Å². The van der Waals surface area contributed by atoms with Crippen molar-refractivity contribution in [3.05, 3.63) is 34.3 Å². The van der Waals surface area contributed by atoms with Crippen LogP contribution in [0.2, 0.25) is 0 Å². The van der Waals surface area contributed by atoms with Crippen molar-refractivity contribution >= 4 is 21.8 Å². The molecule has 1 amide bonds. The van der Waals surface area contributed by atoms with E-state index in [4.69, 9.17) is 5.73 Å². The van der Waals surface area contributed by atoms with Gasteiger partial charge in [-0.05, 0) is 49.4 Å². The Kier molecular flexibility index (Phi) is 7.24. The summed E-state index contributed by atoms with van der Waals surface area (Å²) in [5.41, 5.74) is 6.84. The molecule has 0 aliphatic heterocycles. The van der Waals surface area contributed by atoms with Crippen LogP contribution >= 0.6 is 15.9 Å². The van der Waals surface area contributed by atoms with Crippen LogP contribution in [0.25, 0.3) is 0 Å². The van der Waals surface area contributed by atoms with Crippen molar-refractivity contribution in [3.63, 3.8) is 0 Å². The van der Waals surface area contributed by atoms with Crippen LogP contribution in [0, 0.1) is 11.8 Å². The lowest BCUT2D eigenvalue weighted by Crippen LogP contribution is -2.30. The molecule has 4 heteroatoms. The third kappa shape index (κ3) is 6.06. The predicted octanol–water partition coefficient (Wildman–Crippen LogP) is 3.64. The molecule has 2 atom stereocenters. The minimum atomic E-state index is 0.0116. The highest BCUT2D eigenvalue weighted by Crippen LogP contribution is 2.19.